The summed E-state index contributed by atoms with van der Waals surface area (Å²) in [6.45, 7) is 7.34. The van der Waals surface area contributed by atoms with E-state index in [4.69, 9.17) is 0 Å². The second-order valence-corrected chi connectivity index (χ2v) is 5.88. The molecule has 1 N–H and O–H groups in total. The summed E-state index contributed by atoms with van der Waals surface area (Å²) >= 11 is 0. The van der Waals surface area contributed by atoms with Crippen molar-refractivity contribution in [1.29, 1.82) is 0 Å². The van der Waals surface area contributed by atoms with Crippen LogP contribution >= 0.6 is 0 Å². The van der Waals surface area contributed by atoms with Gasteiger partial charge in [0.05, 0.1) is 6.54 Å². The van der Waals surface area contributed by atoms with E-state index in [0.717, 1.165) is 37.9 Å². The van der Waals surface area contributed by atoms with E-state index in [9.17, 15) is 0 Å². The van der Waals surface area contributed by atoms with E-state index in [1.165, 1.54) is 25.7 Å². The number of hydrogen-bond donors (Lipinski definition) is 1. The number of aromatic nitrogens is 3. The first-order valence-corrected chi connectivity index (χ1v) is 8.04. The maximum Gasteiger partial charge on any atom is 0.141 e. The minimum atomic E-state index is 0.691. The van der Waals surface area contributed by atoms with Gasteiger partial charge >= 0.3 is 0 Å². The van der Waals surface area contributed by atoms with Crippen molar-refractivity contribution in [3.05, 3.63) is 12.2 Å². The van der Waals surface area contributed by atoms with Gasteiger partial charge in [-0.15, -0.1) is 0 Å². The Labute approximate surface area is 122 Å². The van der Waals surface area contributed by atoms with Crippen molar-refractivity contribution in [1.82, 2.24) is 25.0 Å². The van der Waals surface area contributed by atoms with Crippen molar-refractivity contribution in [3.8, 4) is 0 Å². The molecule has 0 saturated heterocycles. The molecule has 5 nitrogen and oxygen atoms in total. The molecule has 0 aromatic carbocycles. The van der Waals surface area contributed by atoms with Gasteiger partial charge in [0.1, 0.15) is 12.2 Å². The Morgan fingerprint density at radius 2 is 2.05 bits per heavy atom. The molecule has 0 unspecified atom stereocenters. The Morgan fingerprint density at radius 1 is 1.30 bits per heavy atom. The molecule has 0 amide bonds. The zero-order valence-corrected chi connectivity index (χ0v) is 13.2. The molecule has 5 heteroatoms. The van der Waals surface area contributed by atoms with Crippen LogP contribution in [-0.2, 0) is 13.1 Å². The van der Waals surface area contributed by atoms with E-state index >= 15 is 0 Å². The topological polar surface area (TPSA) is 46.0 Å². The zero-order chi connectivity index (χ0) is 14.4. The first-order chi connectivity index (χ1) is 9.74. The third kappa shape index (κ3) is 4.03. The molecule has 20 heavy (non-hydrogen) atoms. The third-order valence-electron chi connectivity index (χ3n) is 4.33. The van der Waals surface area contributed by atoms with Gasteiger partial charge in [-0.3, -0.25) is 4.90 Å². The van der Waals surface area contributed by atoms with E-state index in [1.807, 2.05) is 4.68 Å². The Kier molecular flexibility index (Phi) is 5.98. The number of nitrogens with zero attached hydrogens (tertiary/aromatic N) is 4. The number of nitrogens with one attached hydrogen (secondary N) is 1. The van der Waals surface area contributed by atoms with Gasteiger partial charge < -0.3 is 5.32 Å². The van der Waals surface area contributed by atoms with Crippen LogP contribution in [0.2, 0.25) is 0 Å². The van der Waals surface area contributed by atoms with Crippen LogP contribution in [0.5, 0.6) is 0 Å². The molecule has 1 heterocycles. The molecule has 1 saturated carbocycles. The highest BCUT2D eigenvalue weighted by Gasteiger charge is 2.24. The normalized spacial score (nSPS) is 23.4. The summed E-state index contributed by atoms with van der Waals surface area (Å²) in [4.78, 5) is 6.87. The predicted molar refractivity (Wildman–Crippen MR) is 81.5 cm³/mol. The molecule has 0 bridgehead atoms. The molecular weight excluding hydrogens is 250 g/mol. The van der Waals surface area contributed by atoms with Crippen LogP contribution < -0.4 is 5.32 Å². The lowest BCUT2D eigenvalue weighted by atomic mass is 9.90. The summed E-state index contributed by atoms with van der Waals surface area (Å²) in [5.41, 5.74) is 0. The molecule has 114 valence electrons. The fourth-order valence-corrected chi connectivity index (χ4v) is 3.17. The summed E-state index contributed by atoms with van der Waals surface area (Å²) < 4.78 is 2.04. The van der Waals surface area contributed by atoms with E-state index in [2.05, 4.69) is 41.2 Å². The van der Waals surface area contributed by atoms with Gasteiger partial charge in [-0.05, 0) is 45.7 Å². The van der Waals surface area contributed by atoms with Gasteiger partial charge in [-0.1, -0.05) is 13.8 Å². The van der Waals surface area contributed by atoms with Gasteiger partial charge in [0.25, 0.3) is 0 Å². The largest absolute Gasteiger partial charge is 0.314 e. The van der Waals surface area contributed by atoms with Crippen molar-refractivity contribution in [2.75, 3.05) is 13.6 Å². The van der Waals surface area contributed by atoms with Crippen LogP contribution in [0.1, 0.15) is 51.8 Å². The molecule has 2 rings (SSSR count). The van der Waals surface area contributed by atoms with Crippen LogP contribution in [-0.4, -0.2) is 45.3 Å². The average Bonchev–Trinajstić information content (AvgIpc) is 2.88. The van der Waals surface area contributed by atoms with Crippen molar-refractivity contribution in [2.45, 2.75) is 71.1 Å². The summed E-state index contributed by atoms with van der Waals surface area (Å²) in [6, 6.07) is 1.42. The second kappa shape index (κ2) is 7.74. The first-order valence-electron chi connectivity index (χ1n) is 8.04. The number of hydrogen-bond acceptors (Lipinski definition) is 4. The summed E-state index contributed by atoms with van der Waals surface area (Å²) in [5.74, 6) is 1.10. The Balaban J connectivity index is 1.83. The summed E-state index contributed by atoms with van der Waals surface area (Å²) in [6.07, 6.45) is 7.95. The molecule has 1 fully saturated rings. The number of aryl methyl sites for hydroxylation is 1. The lowest BCUT2D eigenvalue weighted by molar-refractivity contribution is 0.163. The summed E-state index contributed by atoms with van der Waals surface area (Å²) in [5, 5.41) is 7.88. The van der Waals surface area contributed by atoms with Crippen molar-refractivity contribution < 1.29 is 0 Å². The van der Waals surface area contributed by atoms with Gasteiger partial charge in [0.15, 0.2) is 0 Å². The standard InChI is InChI=1S/C15H29N5/c1-4-10-20-15(17-12-18-20)11-19(3)14-8-6-13(7-9-14)16-5-2/h12-14,16H,4-11H2,1-3H3. The zero-order valence-electron chi connectivity index (χ0n) is 13.2. The number of rotatable bonds is 7. The van der Waals surface area contributed by atoms with E-state index in [0.29, 0.717) is 6.04 Å². The lowest BCUT2D eigenvalue weighted by Gasteiger charge is -2.34. The predicted octanol–water partition coefficient (Wildman–Crippen LogP) is 2.04. The van der Waals surface area contributed by atoms with Crippen molar-refractivity contribution in [3.63, 3.8) is 0 Å². The van der Waals surface area contributed by atoms with Crippen LogP contribution in [0.15, 0.2) is 6.33 Å². The fraction of sp³-hybridized carbons (Fsp3) is 0.867. The monoisotopic (exact) mass is 279 g/mol. The van der Waals surface area contributed by atoms with E-state index in [-0.39, 0.29) is 0 Å². The molecule has 0 radical (unpaired) electrons. The first kappa shape index (κ1) is 15.4. The Morgan fingerprint density at radius 3 is 2.70 bits per heavy atom. The molecule has 1 aliphatic rings. The summed E-state index contributed by atoms with van der Waals surface area (Å²) in [7, 11) is 2.23. The van der Waals surface area contributed by atoms with Crippen LogP contribution in [0.4, 0.5) is 0 Å². The highest BCUT2D eigenvalue weighted by Crippen LogP contribution is 2.23. The molecule has 0 spiro atoms. The Bertz CT molecular complexity index is 381. The van der Waals surface area contributed by atoms with E-state index in [1.54, 1.807) is 6.33 Å². The lowest BCUT2D eigenvalue weighted by Crippen LogP contribution is -2.40. The molecule has 0 aliphatic heterocycles. The average molecular weight is 279 g/mol. The minimum Gasteiger partial charge on any atom is -0.314 e. The van der Waals surface area contributed by atoms with Crippen LogP contribution in [0, 0.1) is 0 Å². The molecular formula is C15H29N5. The van der Waals surface area contributed by atoms with Gasteiger partial charge in [0, 0.05) is 18.6 Å². The van der Waals surface area contributed by atoms with Crippen molar-refractivity contribution >= 4 is 0 Å². The maximum absolute atomic E-state index is 4.41. The second-order valence-electron chi connectivity index (χ2n) is 5.88. The SMILES string of the molecule is CCCn1ncnc1CN(C)C1CCC(NCC)CC1. The van der Waals surface area contributed by atoms with Gasteiger partial charge in [-0.2, -0.15) is 5.10 Å². The smallest absolute Gasteiger partial charge is 0.141 e. The minimum absolute atomic E-state index is 0.691. The molecule has 1 aliphatic carbocycles. The maximum atomic E-state index is 4.41. The van der Waals surface area contributed by atoms with Crippen LogP contribution in [0.25, 0.3) is 0 Å². The molecule has 1 aromatic heterocycles. The quantitative estimate of drug-likeness (QED) is 0.829. The highest BCUT2D eigenvalue weighted by molar-refractivity contribution is 4.88. The Hall–Kier alpha value is -0.940. The molecule has 1 aromatic rings. The highest BCUT2D eigenvalue weighted by atomic mass is 15.3. The molecule has 0 atom stereocenters. The van der Waals surface area contributed by atoms with Crippen LogP contribution in [0.3, 0.4) is 0 Å². The van der Waals surface area contributed by atoms with Gasteiger partial charge in [0.2, 0.25) is 0 Å². The third-order valence-corrected chi connectivity index (χ3v) is 4.33. The van der Waals surface area contributed by atoms with Crippen molar-refractivity contribution in [2.24, 2.45) is 0 Å². The van der Waals surface area contributed by atoms with Gasteiger partial charge in [-0.25, -0.2) is 9.67 Å². The fourth-order valence-electron chi connectivity index (χ4n) is 3.17. The van der Waals surface area contributed by atoms with E-state index < -0.39 is 0 Å².